The molecule has 0 unspecified atom stereocenters. The summed E-state index contributed by atoms with van der Waals surface area (Å²) >= 11 is 0. The summed E-state index contributed by atoms with van der Waals surface area (Å²) in [6, 6.07) is 5.42. The van der Waals surface area contributed by atoms with E-state index < -0.39 is 0 Å². The molecule has 0 saturated carbocycles. The number of amides is 1. The minimum absolute atomic E-state index is 0.0114. The molecule has 0 aromatic carbocycles. The van der Waals surface area contributed by atoms with E-state index in [1.54, 1.807) is 19.9 Å². The molecule has 23 heavy (non-hydrogen) atoms. The number of likely N-dealkylation sites (tertiary alicyclic amines) is 1. The molecule has 2 aliphatic heterocycles. The number of pyridine rings is 1. The van der Waals surface area contributed by atoms with E-state index in [9.17, 15) is 9.59 Å². The van der Waals surface area contributed by atoms with Gasteiger partial charge in [0.2, 0.25) is 0 Å². The summed E-state index contributed by atoms with van der Waals surface area (Å²) < 4.78 is 7.00. The average Bonchev–Trinajstić information content (AvgIpc) is 2.86. The zero-order valence-electron chi connectivity index (χ0n) is 13.3. The Balaban J connectivity index is 1.66. The molecule has 4 heterocycles. The number of carbonyl (C=O) groups excluding carboxylic acids is 1. The number of nitrogens with zero attached hydrogens (tertiary/aromatic N) is 3. The third-order valence-electron chi connectivity index (χ3n) is 5.01. The zero-order valence-corrected chi connectivity index (χ0v) is 13.3. The van der Waals surface area contributed by atoms with Gasteiger partial charge in [-0.1, -0.05) is 11.2 Å². The van der Waals surface area contributed by atoms with Crippen molar-refractivity contribution < 1.29 is 9.32 Å². The maximum absolute atomic E-state index is 12.9. The molecule has 0 radical (unpaired) electrons. The monoisotopic (exact) mass is 313 g/mol. The first-order chi connectivity index (χ1) is 11.0. The van der Waals surface area contributed by atoms with Crippen molar-refractivity contribution >= 4 is 5.91 Å². The van der Waals surface area contributed by atoms with Gasteiger partial charge in [0, 0.05) is 37.3 Å². The molecule has 1 amide bonds. The Labute approximate surface area is 133 Å². The second-order valence-electron chi connectivity index (χ2n) is 6.61. The molecule has 1 fully saturated rings. The van der Waals surface area contributed by atoms with Crippen molar-refractivity contribution in [3.63, 3.8) is 0 Å². The summed E-state index contributed by atoms with van der Waals surface area (Å²) in [5.74, 6) is 1.11. The van der Waals surface area contributed by atoms with Crippen LogP contribution >= 0.6 is 0 Å². The quantitative estimate of drug-likeness (QED) is 0.804. The van der Waals surface area contributed by atoms with Crippen molar-refractivity contribution in [2.75, 3.05) is 13.1 Å². The molecule has 2 aromatic heterocycles. The standard InChI is InChI=1S/C17H19N3O3/c1-10-16(11(2)23-18-10)17(22)19-7-12-6-13(9-19)14-4-3-5-15(21)20(14)8-12/h3-5,12-13H,6-9H2,1-2H3/t12-,13+/m0/s1. The Morgan fingerprint density at radius 3 is 2.83 bits per heavy atom. The lowest BCUT2D eigenvalue weighted by atomic mass is 9.83. The molecule has 2 bridgehead atoms. The van der Waals surface area contributed by atoms with Gasteiger partial charge in [0.25, 0.3) is 11.5 Å². The van der Waals surface area contributed by atoms with Gasteiger partial charge in [-0.2, -0.15) is 0 Å². The van der Waals surface area contributed by atoms with E-state index >= 15 is 0 Å². The molecule has 1 saturated heterocycles. The van der Waals surface area contributed by atoms with Gasteiger partial charge in [-0.05, 0) is 32.3 Å². The third kappa shape index (κ3) is 2.20. The van der Waals surface area contributed by atoms with Gasteiger partial charge in [-0.3, -0.25) is 9.59 Å². The van der Waals surface area contributed by atoms with E-state index in [-0.39, 0.29) is 17.4 Å². The van der Waals surface area contributed by atoms with Crippen LogP contribution in [-0.2, 0) is 6.54 Å². The summed E-state index contributed by atoms with van der Waals surface area (Å²) in [7, 11) is 0. The summed E-state index contributed by atoms with van der Waals surface area (Å²) in [4.78, 5) is 26.8. The number of fused-ring (bicyclic) bond motifs is 4. The van der Waals surface area contributed by atoms with E-state index in [2.05, 4.69) is 5.16 Å². The van der Waals surface area contributed by atoms with Crippen molar-refractivity contribution in [2.45, 2.75) is 32.7 Å². The molecule has 2 atom stereocenters. The smallest absolute Gasteiger partial charge is 0.259 e. The van der Waals surface area contributed by atoms with Crippen LogP contribution in [0, 0.1) is 19.8 Å². The summed E-state index contributed by atoms with van der Waals surface area (Å²) in [5.41, 5.74) is 2.32. The fourth-order valence-electron chi connectivity index (χ4n) is 4.01. The zero-order chi connectivity index (χ0) is 16.1. The maximum Gasteiger partial charge on any atom is 0.259 e. The van der Waals surface area contributed by atoms with Gasteiger partial charge < -0.3 is 14.0 Å². The van der Waals surface area contributed by atoms with Gasteiger partial charge in [0.15, 0.2) is 0 Å². The lowest BCUT2D eigenvalue weighted by Gasteiger charge is -2.42. The lowest BCUT2D eigenvalue weighted by Crippen LogP contribution is -2.49. The Morgan fingerprint density at radius 2 is 2.09 bits per heavy atom. The highest BCUT2D eigenvalue weighted by molar-refractivity contribution is 5.96. The van der Waals surface area contributed by atoms with Gasteiger partial charge in [0.1, 0.15) is 11.3 Å². The number of rotatable bonds is 1. The van der Waals surface area contributed by atoms with Crippen LogP contribution in [-0.4, -0.2) is 33.6 Å². The average molecular weight is 313 g/mol. The highest BCUT2D eigenvalue weighted by Crippen LogP contribution is 2.35. The summed E-state index contributed by atoms with van der Waals surface area (Å²) in [6.45, 7) is 5.58. The van der Waals surface area contributed by atoms with Crippen molar-refractivity contribution in [2.24, 2.45) is 5.92 Å². The van der Waals surface area contributed by atoms with Crippen molar-refractivity contribution in [1.82, 2.24) is 14.6 Å². The Kier molecular flexibility index (Phi) is 3.14. The number of hydrogen-bond acceptors (Lipinski definition) is 4. The number of aromatic nitrogens is 2. The third-order valence-corrected chi connectivity index (χ3v) is 5.01. The molecule has 0 spiro atoms. The Hall–Kier alpha value is -2.37. The minimum atomic E-state index is -0.0114. The molecular weight excluding hydrogens is 294 g/mol. The summed E-state index contributed by atoms with van der Waals surface area (Å²) in [6.07, 6.45) is 1.04. The first-order valence-corrected chi connectivity index (χ1v) is 7.96. The van der Waals surface area contributed by atoms with Crippen LogP contribution in [0.2, 0.25) is 0 Å². The Bertz CT molecular complexity index is 816. The number of hydrogen-bond donors (Lipinski definition) is 0. The first-order valence-electron chi connectivity index (χ1n) is 7.96. The lowest BCUT2D eigenvalue weighted by molar-refractivity contribution is 0.0592. The largest absolute Gasteiger partial charge is 0.361 e. The van der Waals surface area contributed by atoms with E-state index in [4.69, 9.17) is 4.52 Å². The van der Waals surface area contributed by atoms with Crippen LogP contribution < -0.4 is 5.56 Å². The van der Waals surface area contributed by atoms with E-state index in [0.29, 0.717) is 42.6 Å². The summed E-state index contributed by atoms with van der Waals surface area (Å²) in [5, 5.41) is 3.88. The number of aryl methyl sites for hydroxylation is 2. The molecule has 2 aromatic rings. The second kappa shape index (κ2) is 5.08. The fourth-order valence-corrected chi connectivity index (χ4v) is 4.01. The van der Waals surface area contributed by atoms with Crippen molar-refractivity contribution in [3.8, 4) is 0 Å². The number of carbonyl (C=O) groups is 1. The van der Waals surface area contributed by atoms with Crippen LogP contribution in [0.25, 0.3) is 0 Å². The van der Waals surface area contributed by atoms with Crippen molar-refractivity contribution in [3.05, 3.63) is 51.3 Å². The molecule has 120 valence electrons. The molecular formula is C17H19N3O3. The van der Waals surface area contributed by atoms with E-state index in [0.717, 1.165) is 12.1 Å². The van der Waals surface area contributed by atoms with Crippen LogP contribution in [0.15, 0.2) is 27.5 Å². The molecule has 0 aliphatic carbocycles. The topological polar surface area (TPSA) is 68.3 Å². The second-order valence-corrected chi connectivity index (χ2v) is 6.61. The number of piperidine rings is 1. The highest BCUT2D eigenvalue weighted by atomic mass is 16.5. The maximum atomic E-state index is 12.9. The SMILES string of the molecule is Cc1noc(C)c1C(=O)N1C[C@@H]2C[C@H](C1)c1cccc(=O)n1C2. The Morgan fingerprint density at radius 1 is 1.26 bits per heavy atom. The van der Waals surface area contributed by atoms with Crippen LogP contribution in [0.4, 0.5) is 0 Å². The van der Waals surface area contributed by atoms with Crippen LogP contribution in [0.5, 0.6) is 0 Å². The van der Waals surface area contributed by atoms with E-state index in [1.807, 2.05) is 21.6 Å². The van der Waals surface area contributed by atoms with Gasteiger partial charge >= 0.3 is 0 Å². The predicted molar refractivity (Wildman–Crippen MR) is 83.4 cm³/mol. The molecule has 6 nitrogen and oxygen atoms in total. The van der Waals surface area contributed by atoms with Gasteiger partial charge in [-0.25, -0.2) is 0 Å². The predicted octanol–water partition coefficient (Wildman–Crippen LogP) is 1.71. The molecule has 2 aliphatic rings. The van der Waals surface area contributed by atoms with E-state index in [1.165, 1.54) is 0 Å². The first kappa shape index (κ1) is 14.2. The molecule has 6 heteroatoms. The van der Waals surface area contributed by atoms with Crippen LogP contribution in [0.3, 0.4) is 0 Å². The fraction of sp³-hybridized carbons (Fsp3) is 0.471. The minimum Gasteiger partial charge on any atom is -0.361 e. The normalized spacial score (nSPS) is 22.8. The van der Waals surface area contributed by atoms with Crippen molar-refractivity contribution in [1.29, 1.82) is 0 Å². The highest BCUT2D eigenvalue weighted by Gasteiger charge is 2.37. The van der Waals surface area contributed by atoms with Crippen LogP contribution in [0.1, 0.15) is 39.8 Å². The molecule has 0 N–H and O–H groups in total. The molecule has 4 rings (SSSR count). The van der Waals surface area contributed by atoms with Gasteiger partial charge in [-0.15, -0.1) is 0 Å². The van der Waals surface area contributed by atoms with Gasteiger partial charge in [0.05, 0.1) is 5.69 Å².